The molecule has 0 spiro atoms. The van der Waals surface area contributed by atoms with Gasteiger partial charge < -0.3 is 24.2 Å². The Morgan fingerprint density at radius 2 is 1.17 bits per heavy atom. The molecule has 0 saturated carbocycles. The van der Waals surface area contributed by atoms with E-state index >= 15 is 0 Å². The van der Waals surface area contributed by atoms with Crippen molar-refractivity contribution in [3.05, 3.63) is 36.7 Å². The highest BCUT2D eigenvalue weighted by Crippen LogP contribution is 2.29. The fourth-order valence-electron chi connectivity index (χ4n) is 4.04. The molecular formula is C23H33N5O2. The van der Waals surface area contributed by atoms with Crippen LogP contribution in [0, 0.1) is 0 Å². The second-order valence-electron chi connectivity index (χ2n) is 8.50. The number of pyridine rings is 2. The van der Waals surface area contributed by atoms with E-state index in [1.165, 1.54) is 0 Å². The van der Waals surface area contributed by atoms with Gasteiger partial charge in [-0.25, -0.2) is 9.97 Å². The first-order chi connectivity index (χ1) is 14.6. The molecule has 0 aromatic carbocycles. The normalized spacial score (nSPS) is 19.6. The summed E-state index contributed by atoms with van der Waals surface area (Å²) >= 11 is 0. The van der Waals surface area contributed by atoms with Gasteiger partial charge in [0, 0.05) is 69.1 Å². The molecule has 4 heterocycles. The Morgan fingerprint density at radius 1 is 0.767 bits per heavy atom. The summed E-state index contributed by atoms with van der Waals surface area (Å²) in [6.45, 7) is 4.28. The molecule has 4 rings (SSSR count). The van der Waals surface area contributed by atoms with Crippen LogP contribution in [0.4, 0.5) is 11.4 Å². The molecule has 2 saturated heterocycles. The Kier molecular flexibility index (Phi) is 6.69. The molecular weight excluding hydrogens is 378 g/mol. The van der Waals surface area contributed by atoms with Gasteiger partial charge in [-0.1, -0.05) is 0 Å². The molecule has 30 heavy (non-hydrogen) atoms. The maximum Gasteiger partial charge on any atom is 0.215 e. The third-order valence-corrected chi connectivity index (χ3v) is 6.12. The molecule has 2 aliphatic heterocycles. The molecule has 0 atom stereocenters. The third-order valence-electron chi connectivity index (χ3n) is 6.12. The Bertz CT molecular complexity index is 749. The fraction of sp³-hybridized carbons (Fsp3) is 0.565. The van der Waals surface area contributed by atoms with Gasteiger partial charge in [0.15, 0.2) is 0 Å². The molecule has 162 valence electrons. The fourth-order valence-corrected chi connectivity index (χ4v) is 4.04. The number of anilines is 2. The van der Waals surface area contributed by atoms with E-state index < -0.39 is 0 Å². The summed E-state index contributed by atoms with van der Waals surface area (Å²) < 4.78 is 12.3. The zero-order valence-electron chi connectivity index (χ0n) is 18.3. The molecule has 0 radical (unpaired) electrons. The van der Waals surface area contributed by atoms with Crippen LogP contribution in [0.25, 0.3) is 0 Å². The van der Waals surface area contributed by atoms with Gasteiger partial charge >= 0.3 is 0 Å². The van der Waals surface area contributed by atoms with Gasteiger partial charge in [-0.3, -0.25) is 0 Å². The summed E-state index contributed by atoms with van der Waals surface area (Å²) in [5, 5.41) is 0. The van der Waals surface area contributed by atoms with Crippen molar-refractivity contribution in [3.8, 4) is 11.8 Å². The zero-order valence-corrected chi connectivity index (χ0v) is 18.3. The first kappa shape index (κ1) is 20.9. The number of piperidine rings is 2. The topological polar surface area (TPSA) is 54.0 Å². The highest BCUT2D eigenvalue weighted by Gasteiger charge is 2.20. The highest BCUT2D eigenvalue weighted by atomic mass is 16.5. The van der Waals surface area contributed by atoms with Gasteiger partial charge in [0.05, 0.1) is 0 Å². The number of rotatable bonds is 6. The van der Waals surface area contributed by atoms with Gasteiger partial charge in [-0.05, 0) is 51.9 Å². The molecule has 2 aromatic heterocycles. The molecule has 2 fully saturated rings. The molecule has 7 nitrogen and oxygen atoms in total. The van der Waals surface area contributed by atoms with Gasteiger partial charge in [-0.2, -0.15) is 0 Å². The third kappa shape index (κ3) is 5.40. The van der Waals surface area contributed by atoms with Gasteiger partial charge in [-0.15, -0.1) is 0 Å². The van der Waals surface area contributed by atoms with Crippen molar-refractivity contribution in [1.29, 1.82) is 0 Å². The Labute approximate surface area is 179 Å². The van der Waals surface area contributed by atoms with Gasteiger partial charge in [0.2, 0.25) is 11.8 Å². The number of aromatic nitrogens is 2. The average molecular weight is 412 g/mol. The van der Waals surface area contributed by atoms with E-state index in [1.54, 1.807) is 0 Å². The molecule has 7 heteroatoms. The van der Waals surface area contributed by atoms with E-state index in [1.807, 2.05) is 43.7 Å². The monoisotopic (exact) mass is 411 g/mol. The van der Waals surface area contributed by atoms with E-state index in [4.69, 9.17) is 9.47 Å². The van der Waals surface area contributed by atoms with Crippen molar-refractivity contribution >= 4 is 11.4 Å². The lowest BCUT2D eigenvalue weighted by Crippen LogP contribution is -2.35. The summed E-state index contributed by atoms with van der Waals surface area (Å²) in [5.74, 6) is 1.37. The first-order valence-corrected chi connectivity index (χ1v) is 10.9. The maximum atomic E-state index is 6.16. The standard InChI is InChI=1S/C23H33N5O2/c1-26-12-6-20(7-13-26)29-22-16-18(4-10-24-22)28(3)19-5-11-25-23(17-19)30-21-8-14-27(2)15-9-21/h4-5,10-11,16-17,20-21H,6-9,12-15H2,1-3H3. The van der Waals surface area contributed by atoms with E-state index in [0.717, 1.165) is 63.2 Å². The van der Waals surface area contributed by atoms with Crippen molar-refractivity contribution in [1.82, 2.24) is 19.8 Å². The molecule has 0 bridgehead atoms. The molecule has 2 aromatic rings. The summed E-state index contributed by atoms with van der Waals surface area (Å²) in [6.07, 6.45) is 8.27. The van der Waals surface area contributed by atoms with Crippen LogP contribution in [0.3, 0.4) is 0 Å². The van der Waals surface area contributed by atoms with Crippen molar-refractivity contribution in [2.45, 2.75) is 37.9 Å². The average Bonchev–Trinajstić information content (AvgIpc) is 2.77. The predicted octanol–water partition coefficient (Wildman–Crippen LogP) is 3.19. The summed E-state index contributed by atoms with van der Waals surface area (Å²) in [7, 11) is 6.36. The van der Waals surface area contributed by atoms with Gasteiger partial charge in [0.1, 0.15) is 12.2 Å². The predicted molar refractivity (Wildman–Crippen MR) is 119 cm³/mol. The summed E-state index contributed by atoms with van der Waals surface area (Å²) in [4.78, 5) is 15.6. The zero-order chi connectivity index (χ0) is 20.9. The van der Waals surface area contributed by atoms with E-state index in [-0.39, 0.29) is 12.2 Å². The molecule has 0 N–H and O–H groups in total. The lowest BCUT2D eigenvalue weighted by Gasteiger charge is -2.29. The van der Waals surface area contributed by atoms with Gasteiger partial charge in [0.25, 0.3) is 0 Å². The van der Waals surface area contributed by atoms with Crippen LogP contribution in [0.15, 0.2) is 36.7 Å². The lowest BCUT2D eigenvalue weighted by atomic mass is 10.1. The quantitative estimate of drug-likeness (QED) is 0.724. The minimum Gasteiger partial charge on any atom is -0.474 e. The van der Waals surface area contributed by atoms with Crippen LogP contribution in [-0.4, -0.2) is 79.3 Å². The first-order valence-electron chi connectivity index (χ1n) is 10.9. The Morgan fingerprint density at radius 3 is 1.57 bits per heavy atom. The number of hydrogen-bond acceptors (Lipinski definition) is 7. The largest absolute Gasteiger partial charge is 0.474 e. The molecule has 2 aliphatic rings. The minimum absolute atomic E-state index is 0.240. The van der Waals surface area contributed by atoms with Crippen LogP contribution in [0.1, 0.15) is 25.7 Å². The molecule has 0 aliphatic carbocycles. The number of ether oxygens (including phenoxy) is 2. The van der Waals surface area contributed by atoms with Crippen LogP contribution >= 0.6 is 0 Å². The SMILES string of the molecule is CN1CCC(Oc2cc(N(C)c3ccnc(OC4CCN(C)CC4)c3)ccn2)CC1. The molecule has 0 amide bonds. The number of likely N-dealkylation sites (tertiary alicyclic amines) is 2. The highest BCUT2D eigenvalue weighted by molar-refractivity contribution is 5.63. The second kappa shape index (κ2) is 9.62. The van der Waals surface area contributed by atoms with Crippen molar-refractivity contribution in [2.75, 3.05) is 52.2 Å². The molecule has 0 unspecified atom stereocenters. The number of nitrogens with zero attached hydrogens (tertiary/aromatic N) is 5. The Balaban J connectivity index is 1.41. The second-order valence-corrected chi connectivity index (χ2v) is 8.50. The van der Waals surface area contributed by atoms with Crippen molar-refractivity contribution in [3.63, 3.8) is 0 Å². The van der Waals surface area contributed by atoms with E-state index in [9.17, 15) is 0 Å². The minimum atomic E-state index is 0.240. The van der Waals surface area contributed by atoms with Crippen molar-refractivity contribution in [2.24, 2.45) is 0 Å². The smallest absolute Gasteiger partial charge is 0.215 e. The number of hydrogen-bond donors (Lipinski definition) is 0. The van der Waals surface area contributed by atoms with Crippen molar-refractivity contribution < 1.29 is 9.47 Å². The maximum absolute atomic E-state index is 6.16. The van der Waals surface area contributed by atoms with E-state index in [0.29, 0.717) is 11.8 Å². The Hall–Kier alpha value is -2.38. The summed E-state index contributed by atoms with van der Waals surface area (Å²) in [5.41, 5.74) is 2.06. The van der Waals surface area contributed by atoms with Crippen LogP contribution in [-0.2, 0) is 0 Å². The lowest BCUT2D eigenvalue weighted by molar-refractivity contribution is 0.110. The summed E-state index contributed by atoms with van der Waals surface area (Å²) in [6, 6.07) is 8.02. The van der Waals surface area contributed by atoms with Crippen LogP contribution < -0.4 is 14.4 Å². The van der Waals surface area contributed by atoms with E-state index in [2.05, 4.69) is 38.8 Å². The van der Waals surface area contributed by atoms with Crippen LogP contribution in [0.2, 0.25) is 0 Å². The van der Waals surface area contributed by atoms with Crippen LogP contribution in [0.5, 0.6) is 11.8 Å².